The monoisotopic (exact) mass is 387 g/mol. The molecule has 1 N–H and O–H groups in total. The van der Waals surface area contributed by atoms with Crippen LogP contribution in [-0.4, -0.2) is 4.98 Å². The van der Waals surface area contributed by atoms with E-state index in [2.05, 4.69) is 60.2 Å². The second kappa shape index (κ2) is 7.83. The van der Waals surface area contributed by atoms with Gasteiger partial charge in [0.1, 0.15) is 5.01 Å². The lowest BCUT2D eigenvalue weighted by Gasteiger charge is -2.06. The van der Waals surface area contributed by atoms with Crippen LogP contribution in [0.3, 0.4) is 0 Å². The van der Waals surface area contributed by atoms with Gasteiger partial charge in [-0.25, -0.2) is 4.98 Å². The number of anilines is 1. The normalized spacial score (nSPS) is 10.7. The van der Waals surface area contributed by atoms with Gasteiger partial charge in [-0.1, -0.05) is 18.2 Å². The van der Waals surface area contributed by atoms with Crippen LogP contribution in [0.4, 0.5) is 5.69 Å². The van der Waals surface area contributed by atoms with Crippen molar-refractivity contribution in [3.05, 3.63) is 83.4 Å². The lowest BCUT2D eigenvalue weighted by atomic mass is 10.2. The number of thiazole rings is 1. The third-order valence-corrected chi connectivity index (χ3v) is 6.11. The Bertz CT molecular complexity index is 1110. The summed E-state index contributed by atoms with van der Waals surface area (Å²) in [4.78, 5) is 4.74. The highest BCUT2D eigenvalue weighted by Gasteiger charge is 2.06. The van der Waals surface area contributed by atoms with E-state index in [-0.39, 0.29) is 0 Å². The molecule has 1 heterocycles. The Kier molecular flexibility index (Phi) is 5.10. The van der Waals surface area contributed by atoms with Gasteiger partial charge < -0.3 is 4.72 Å². The van der Waals surface area contributed by atoms with Crippen molar-refractivity contribution < 1.29 is 0 Å². The van der Waals surface area contributed by atoms with Crippen LogP contribution in [0.15, 0.2) is 66.7 Å². The van der Waals surface area contributed by atoms with Gasteiger partial charge in [0.25, 0.3) is 0 Å². The molecule has 27 heavy (non-hydrogen) atoms. The summed E-state index contributed by atoms with van der Waals surface area (Å²) in [6, 6.07) is 24.6. The standard InChI is InChI=1S/C22H17N3S2/c1-15-2-11-20-21(12-15)27-22(24-20)18-7-9-19(10-8-18)25-26-14-17-5-3-16(13-23)4-6-17/h2-12,25H,14H2,1H3. The molecule has 0 aliphatic rings. The molecule has 0 spiro atoms. The van der Waals surface area contributed by atoms with Gasteiger partial charge in [0.05, 0.1) is 21.8 Å². The van der Waals surface area contributed by atoms with E-state index < -0.39 is 0 Å². The molecular weight excluding hydrogens is 370 g/mol. The maximum Gasteiger partial charge on any atom is 0.124 e. The summed E-state index contributed by atoms with van der Waals surface area (Å²) in [5, 5.41) is 9.89. The van der Waals surface area contributed by atoms with Crippen molar-refractivity contribution >= 4 is 39.2 Å². The average Bonchev–Trinajstić information content (AvgIpc) is 3.12. The lowest BCUT2D eigenvalue weighted by Crippen LogP contribution is -1.89. The number of fused-ring (bicyclic) bond motifs is 1. The SMILES string of the molecule is Cc1ccc2nc(-c3ccc(NSCc4ccc(C#N)cc4)cc3)sc2c1. The summed E-state index contributed by atoms with van der Waals surface area (Å²) in [7, 11) is 0. The molecule has 3 nitrogen and oxygen atoms in total. The van der Waals surface area contributed by atoms with Crippen LogP contribution >= 0.6 is 23.3 Å². The molecule has 0 saturated carbocycles. The fraction of sp³-hybridized carbons (Fsp3) is 0.0909. The molecule has 5 heteroatoms. The van der Waals surface area contributed by atoms with E-state index in [1.807, 2.05) is 24.3 Å². The van der Waals surface area contributed by atoms with Gasteiger partial charge in [0.15, 0.2) is 0 Å². The maximum absolute atomic E-state index is 8.84. The average molecular weight is 388 g/mol. The zero-order valence-corrected chi connectivity index (χ0v) is 16.4. The Hall–Kier alpha value is -2.81. The molecule has 0 atom stereocenters. The van der Waals surface area contributed by atoms with Gasteiger partial charge in [-0.15, -0.1) is 11.3 Å². The number of hydrogen-bond acceptors (Lipinski definition) is 5. The number of hydrogen-bond donors (Lipinski definition) is 1. The van der Waals surface area contributed by atoms with Crippen molar-refractivity contribution in [2.24, 2.45) is 0 Å². The number of aryl methyl sites for hydroxylation is 1. The third kappa shape index (κ3) is 4.13. The van der Waals surface area contributed by atoms with E-state index >= 15 is 0 Å². The number of aromatic nitrogens is 1. The summed E-state index contributed by atoms with van der Waals surface area (Å²) < 4.78 is 4.60. The first-order valence-electron chi connectivity index (χ1n) is 8.56. The zero-order chi connectivity index (χ0) is 18.6. The second-order valence-corrected chi connectivity index (χ2v) is 8.08. The number of benzene rings is 3. The summed E-state index contributed by atoms with van der Waals surface area (Å²) >= 11 is 3.36. The van der Waals surface area contributed by atoms with E-state index in [9.17, 15) is 0 Å². The Balaban J connectivity index is 1.40. The van der Waals surface area contributed by atoms with E-state index in [1.165, 1.54) is 15.8 Å². The van der Waals surface area contributed by atoms with Gasteiger partial charge in [-0.2, -0.15) is 5.26 Å². The van der Waals surface area contributed by atoms with Crippen molar-refractivity contribution in [1.82, 2.24) is 4.98 Å². The first kappa shape index (κ1) is 17.6. The van der Waals surface area contributed by atoms with Crippen LogP contribution in [0.25, 0.3) is 20.8 Å². The summed E-state index contributed by atoms with van der Waals surface area (Å²) in [6.07, 6.45) is 0. The minimum Gasteiger partial charge on any atom is -0.329 e. The first-order chi connectivity index (χ1) is 13.2. The van der Waals surface area contributed by atoms with Crippen molar-refractivity contribution in [3.63, 3.8) is 0 Å². The molecular formula is C22H17N3S2. The number of nitrogens with zero attached hydrogens (tertiary/aromatic N) is 2. The highest BCUT2D eigenvalue weighted by molar-refractivity contribution is 7.99. The van der Waals surface area contributed by atoms with E-state index in [0.717, 1.165) is 27.5 Å². The zero-order valence-electron chi connectivity index (χ0n) is 14.8. The fourth-order valence-electron chi connectivity index (χ4n) is 2.71. The van der Waals surface area contributed by atoms with Crippen LogP contribution in [0, 0.1) is 18.3 Å². The fourth-order valence-corrected chi connectivity index (χ4v) is 4.52. The van der Waals surface area contributed by atoms with Gasteiger partial charge in [-0.05, 0) is 78.5 Å². The predicted octanol–water partition coefficient (Wildman–Crippen LogP) is 6.40. The Morgan fingerprint density at radius 2 is 1.81 bits per heavy atom. The maximum atomic E-state index is 8.84. The molecule has 0 radical (unpaired) electrons. The van der Waals surface area contributed by atoms with Crippen LogP contribution in [0.1, 0.15) is 16.7 Å². The smallest absolute Gasteiger partial charge is 0.124 e. The van der Waals surface area contributed by atoms with Crippen molar-refractivity contribution in [2.45, 2.75) is 12.7 Å². The van der Waals surface area contributed by atoms with Gasteiger partial charge in [0, 0.05) is 17.0 Å². The summed E-state index contributed by atoms with van der Waals surface area (Å²) in [6.45, 7) is 2.11. The number of nitriles is 1. The van der Waals surface area contributed by atoms with E-state index in [0.29, 0.717) is 5.56 Å². The second-order valence-electron chi connectivity index (χ2n) is 6.27. The Morgan fingerprint density at radius 1 is 1.04 bits per heavy atom. The van der Waals surface area contributed by atoms with Gasteiger partial charge in [-0.3, -0.25) is 0 Å². The molecule has 3 aromatic carbocycles. The molecule has 0 bridgehead atoms. The van der Waals surface area contributed by atoms with Gasteiger partial charge in [0.2, 0.25) is 0 Å². The minimum absolute atomic E-state index is 0.692. The largest absolute Gasteiger partial charge is 0.329 e. The first-order valence-corrected chi connectivity index (χ1v) is 10.4. The molecule has 0 amide bonds. The summed E-state index contributed by atoms with van der Waals surface area (Å²) in [5.74, 6) is 0.838. The van der Waals surface area contributed by atoms with Crippen LogP contribution in [0.5, 0.6) is 0 Å². The molecule has 0 unspecified atom stereocenters. The predicted molar refractivity (Wildman–Crippen MR) is 116 cm³/mol. The topological polar surface area (TPSA) is 48.7 Å². The van der Waals surface area contributed by atoms with Crippen molar-refractivity contribution in [1.29, 1.82) is 5.26 Å². The van der Waals surface area contributed by atoms with Gasteiger partial charge >= 0.3 is 0 Å². The molecule has 4 aromatic rings. The van der Waals surface area contributed by atoms with Crippen molar-refractivity contribution in [2.75, 3.05) is 4.72 Å². The summed E-state index contributed by atoms with van der Waals surface area (Å²) in [5.41, 5.74) is 6.40. The van der Waals surface area contributed by atoms with Crippen LogP contribution < -0.4 is 4.72 Å². The molecule has 0 aliphatic carbocycles. The molecule has 0 aliphatic heterocycles. The molecule has 4 rings (SSSR count). The van der Waals surface area contributed by atoms with Crippen molar-refractivity contribution in [3.8, 4) is 16.6 Å². The third-order valence-electron chi connectivity index (χ3n) is 4.19. The minimum atomic E-state index is 0.692. The quantitative estimate of drug-likeness (QED) is 0.402. The molecule has 0 fully saturated rings. The number of nitrogens with one attached hydrogen (secondary N) is 1. The van der Waals surface area contributed by atoms with Crippen LogP contribution in [0.2, 0.25) is 0 Å². The highest BCUT2D eigenvalue weighted by Crippen LogP contribution is 2.31. The van der Waals surface area contributed by atoms with E-state index in [1.54, 1.807) is 23.3 Å². The molecule has 132 valence electrons. The van der Waals surface area contributed by atoms with Crippen LogP contribution in [-0.2, 0) is 5.75 Å². The highest BCUT2D eigenvalue weighted by atomic mass is 32.2. The number of rotatable bonds is 5. The molecule has 0 saturated heterocycles. The Morgan fingerprint density at radius 3 is 2.56 bits per heavy atom. The Labute approximate surface area is 166 Å². The lowest BCUT2D eigenvalue weighted by molar-refractivity contribution is 1.39. The molecule has 1 aromatic heterocycles. The van der Waals surface area contributed by atoms with E-state index in [4.69, 9.17) is 10.2 Å².